The van der Waals surface area contributed by atoms with Crippen LogP contribution < -0.4 is 14.8 Å². The molecule has 1 aromatic rings. The Kier molecular flexibility index (Phi) is 8.39. The molecular formula is C18H25NO5. The van der Waals surface area contributed by atoms with Gasteiger partial charge in [0.05, 0.1) is 14.2 Å². The maximum atomic E-state index is 11.7. The first-order valence-corrected chi connectivity index (χ1v) is 7.86. The van der Waals surface area contributed by atoms with Gasteiger partial charge in [0.2, 0.25) is 0 Å². The molecule has 1 amide bonds. The van der Waals surface area contributed by atoms with Gasteiger partial charge < -0.3 is 19.5 Å². The normalized spacial score (nSPS) is 11.8. The molecule has 0 aliphatic heterocycles. The molecule has 0 heterocycles. The van der Waals surface area contributed by atoms with Crippen molar-refractivity contribution in [3.63, 3.8) is 0 Å². The van der Waals surface area contributed by atoms with Gasteiger partial charge in [-0.3, -0.25) is 4.79 Å². The van der Waals surface area contributed by atoms with E-state index in [9.17, 15) is 9.59 Å². The molecule has 0 aromatic heterocycles. The van der Waals surface area contributed by atoms with Crippen LogP contribution >= 0.6 is 0 Å². The highest BCUT2D eigenvalue weighted by molar-refractivity contribution is 5.89. The third-order valence-electron chi connectivity index (χ3n) is 3.31. The molecule has 1 N–H and O–H groups in total. The number of esters is 1. The second kappa shape index (κ2) is 10.3. The van der Waals surface area contributed by atoms with Crippen molar-refractivity contribution in [3.05, 3.63) is 29.8 Å². The van der Waals surface area contributed by atoms with Gasteiger partial charge in [0.1, 0.15) is 11.5 Å². The molecule has 1 atom stereocenters. The van der Waals surface area contributed by atoms with Crippen LogP contribution in [0.25, 0.3) is 6.08 Å². The highest BCUT2D eigenvalue weighted by Crippen LogP contribution is 2.25. The van der Waals surface area contributed by atoms with E-state index in [1.807, 2.05) is 13.8 Å². The molecule has 6 nitrogen and oxygen atoms in total. The van der Waals surface area contributed by atoms with E-state index >= 15 is 0 Å². The number of carbonyl (C=O) groups is 2. The lowest BCUT2D eigenvalue weighted by molar-refractivity contribution is -0.144. The lowest BCUT2D eigenvalue weighted by Crippen LogP contribution is -2.35. The summed E-state index contributed by atoms with van der Waals surface area (Å²) in [5.41, 5.74) is 0.705. The topological polar surface area (TPSA) is 73.9 Å². The average Bonchev–Trinajstić information content (AvgIpc) is 2.58. The smallest absolute Gasteiger partial charge is 0.331 e. The summed E-state index contributed by atoms with van der Waals surface area (Å²) < 4.78 is 15.3. The van der Waals surface area contributed by atoms with Gasteiger partial charge in [-0.15, -0.1) is 0 Å². The van der Waals surface area contributed by atoms with Crippen molar-refractivity contribution in [1.29, 1.82) is 0 Å². The number of rotatable bonds is 9. The van der Waals surface area contributed by atoms with Crippen molar-refractivity contribution in [1.82, 2.24) is 5.32 Å². The lowest BCUT2D eigenvalue weighted by Gasteiger charge is -2.12. The second-order valence-corrected chi connectivity index (χ2v) is 5.31. The highest BCUT2D eigenvalue weighted by Gasteiger charge is 2.09. The molecule has 0 saturated heterocycles. The second-order valence-electron chi connectivity index (χ2n) is 5.31. The summed E-state index contributed by atoms with van der Waals surface area (Å²) in [7, 11) is 3.10. The van der Waals surface area contributed by atoms with E-state index in [0.717, 1.165) is 12.8 Å². The maximum absolute atomic E-state index is 11.7. The van der Waals surface area contributed by atoms with Gasteiger partial charge >= 0.3 is 5.97 Å². The number of hydrogen-bond acceptors (Lipinski definition) is 5. The molecule has 0 saturated carbocycles. The number of ether oxygens (including phenoxy) is 3. The van der Waals surface area contributed by atoms with E-state index in [4.69, 9.17) is 14.2 Å². The summed E-state index contributed by atoms with van der Waals surface area (Å²) in [5, 5.41) is 2.77. The molecule has 0 aliphatic rings. The minimum Gasteiger partial charge on any atom is -0.497 e. The first-order chi connectivity index (χ1) is 11.5. The summed E-state index contributed by atoms with van der Waals surface area (Å²) in [6, 6.07) is 5.31. The fourth-order valence-electron chi connectivity index (χ4n) is 2.12. The summed E-state index contributed by atoms with van der Waals surface area (Å²) >= 11 is 0. The van der Waals surface area contributed by atoms with Gasteiger partial charge in [-0.05, 0) is 31.6 Å². The zero-order valence-electron chi connectivity index (χ0n) is 14.6. The largest absolute Gasteiger partial charge is 0.497 e. The third-order valence-corrected chi connectivity index (χ3v) is 3.31. The van der Waals surface area contributed by atoms with Gasteiger partial charge in [0.15, 0.2) is 6.61 Å². The van der Waals surface area contributed by atoms with E-state index in [1.54, 1.807) is 31.4 Å². The van der Waals surface area contributed by atoms with E-state index in [1.165, 1.54) is 13.2 Å². The highest BCUT2D eigenvalue weighted by atomic mass is 16.5. The molecule has 0 bridgehead atoms. The summed E-state index contributed by atoms with van der Waals surface area (Å²) in [4.78, 5) is 23.3. The SMILES string of the molecule is CCC[C@H](C)NC(=O)COC(=O)/C=C/c1ccc(OC)cc1OC. The molecule has 0 aliphatic carbocycles. The first kappa shape index (κ1) is 19.5. The zero-order chi connectivity index (χ0) is 17.9. The van der Waals surface area contributed by atoms with Crippen LogP contribution in [0.4, 0.5) is 0 Å². The minimum atomic E-state index is -0.592. The van der Waals surface area contributed by atoms with Gasteiger partial charge in [-0.1, -0.05) is 13.3 Å². The quantitative estimate of drug-likeness (QED) is 0.554. The van der Waals surface area contributed by atoms with Crippen molar-refractivity contribution < 1.29 is 23.8 Å². The lowest BCUT2D eigenvalue weighted by atomic mass is 10.2. The number of methoxy groups -OCH3 is 2. The van der Waals surface area contributed by atoms with Crippen LogP contribution in [0.1, 0.15) is 32.3 Å². The predicted octanol–water partition coefficient (Wildman–Crippen LogP) is 2.57. The van der Waals surface area contributed by atoms with E-state index in [2.05, 4.69) is 5.32 Å². The molecule has 0 unspecified atom stereocenters. The zero-order valence-corrected chi connectivity index (χ0v) is 14.6. The van der Waals surface area contributed by atoms with Crippen LogP contribution in [0.5, 0.6) is 11.5 Å². The molecule has 0 radical (unpaired) electrons. The molecule has 0 fully saturated rings. The van der Waals surface area contributed by atoms with Crippen LogP contribution in [0.3, 0.4) is 0 Å². The Hall–Kier alpha value is -2.50. The Morgan fingerprint density at radius 1 is 1.25 bits per heavy atom. The van der Waals surface area contributed by atoms with Crippen molar-refractivity contribution >= 4 is 18.0 Å². The Balaban J connectivity index is 2.53. The summed E-state index contributed by atoms with van der Waals surface area (Å²) in [6.07, 6.45) is 4.69. The molecule has 6 heteroatoms. The Morgan fingerprint density at radius 2 is 2.00 bits per heavy atom. The van der Waals surface area contributed by atoms with Crippen molar-refractivity contribution in [3.8, 4) is 11.5 Å². The standard InChI is InChI=1S/C18H25NO5/c1-5-6-13(2)19-17(20)12-24-18(21)10-8-14-7-9-15(22-3)11-16(14)23-4/h7-11,13H,5-6,12H2,1-4H3,(H,19,20)/b10-8+/t13-/m0/s1. The number of nitrogens with one attached hydrogen (secondary N) is 1. The maximum Gasteiger partial charge on any atom is 0.331 e. The van der Waals surface area contributed by atoms with Crippen molar-refractivity contribution in [2.24, 2.45) is 0 Å². The number of benzene rings is 1. The summed E-state index contributed by atoms with van der Waals surface area (Å²) in [5.74, 6) is 0.333. The Morgan fingerprint density at radius 3 is 2.62 bits per heavy atom. The van der Waals surface area contributed by atoms with Crippen LogP contribution in [0, 0.1) is 0 Å². The van der Waals surface area contributed by atoms with Crippen LogP contribution in [-0.4, -0.2) is 38.7 Å². The molecule has 1 aromatic carbocycles. The van der Waals surface area contributed by atoms with Crippen molar-refractivity contribution in [2.45, 2.75) is 32.7 Å². The van der Waals surface area contributed by atoms with E-state index in [0.29, 0.717) is 17.1 Å². The Bertz CT molecular complexity index is 583. The monoisotopic (exact) mass is 335 g/mol. The molecular weight excluding hydrogens is 310 g/mol. The summed E-state index contributed by atoms with van der Waals surface area (Å²) in [6.45, 7) is 3.66. The average molecular weight is 335 g/mol. The Labute approximate surface area is 142 Å². The van der Waals surface area contributed by atoms with Gasteiger partial charge in [-0.25, -0.2) is 4.79 Å². The van der Waals surface area contributed by atoms with Crippen LogP contribution in [-0.2, 0) is 14.3 Å². The molecule has 1 rings (SSSR count). The van der Waals surface area contributed by atoms with Gasteiger partial charge in [0.25, 0.3) is 5.91 Å². The third kappa shape index (κ3) is 6.73. The fraction of sp³-hybridized carbons (Fsp3) is 0.444. The van der Waals surface area contributed by atoms with E-state index < -0.39 is 5.97 Å². The van der Waals surface area contributed by atoms with Crippen LogP contribution in [0.15, 0.2) is 24.3 Å². The first-order valence-electron chi connectivity index (χ1n) is 7.86. The van der Waals surface area contributed by atoms with Gasteiger partial charge in [0, 0.05) is 23.7 Å². The van der Waals surface area contributed by atoms with E-state index in [-0.39, 0.29) is 18.6 Å². The number of carbonyl (C=O) groups excluding carboxylic acids is 2. The van der Waals surface area contributed by atoms with Crippen LogP contribution in [0.2, 0.25) is 0 Å². The predicted molar refractivity (Wildman–Crippen MR) is 92.1 cm³/mol. The fourth-order valence-corrected chi connectivity index (χ4v) is 2.12. The minimum absolute atomic E-state index is 0.0697. The molecule has 132 valence electrons. The molecule has 0 spiro atoms. The molecule has 24 heavy (non-hydrogen) atoms. The van der Waals surface area contributed by atoms with Crippen molar-refractivity contribution in [2.75, 3.05) is 20.8 Å². The van der Waals surface area contributed by atoms with Gasteiger partial charge in [-0.2, -0.15) is 0 Å². The number of hydrogen-bond donors (Lipinski definition) is 1. The number of amides is 1.